The molecular weight excluding hydrogens is 276 g/mol. The summed E-state index contributed by atoms with van der Waals surface area (Å²) < 4.78 is 0.859. The van der Waals surface area contributed by atoms with E-state index in [0.29, 0.717) is 11.0 Å². The zero-order valence-electron chi connectivity index (χ0n) is 6.15. The Balaban J connectivity index is 3.24. The van der Waals surface area contributed by atoms with Crippen molar-refractivity contribution < 1.29 is 0 Å². The second-order valence-corrected chi connectivity index (χ2v) is 3.41. The molecule has 1 aromatic rings. The normalized spacial score (nSPS) is 9.82. The van der Waals surface area contributed by atoms with E-state index in [4.69, 9.17) is 11.6 Å². The molecular formula is C6H7ClIN3. The van der Waals surface area contributed by atoms with Crippen molar-refractivity contribution in [2.45, 2.75) is 6.92 Å². The van der Waals surface area contributed by atoms with E-state index in [9.17, 15) is 0 Å². The summed E-state index contributed by atoms with van der Waals surface area (Å²) in [5.74, 6) is 1.46. The molecule has 1 aromatic heterocycles. The van der Waals surface area contributed by atoms with Crippen molar-refractivity contribution >= 4 is 40.0 Å². The molecule has 60 valence electrons. The highest BCUT2D eigenvalue weighted by molar-refractivity contribution is 14.1. The molecule has 0 amide bonds. The highest BCUT2D eigenvalue weighted by Crippen LogP contribution is 2.21. The Morgan fingerprint density at radius 3 is 2.64 bits per heavy atom. The van der Waals surface area contributed by atoms with Crippen LogP contribution in [0.5, 0.6) is 0 Å². The summed E-state index contributed by atoms with van der Waals surface area (Å²) >= 11 is 7.90. The molecule has 11 heavy (non-hydrogen) atoms. The fourth-order valence-corrected chi connectivity index (χ4v) is 1.41. The maximum absolute atomic E-state index is 5.80. The van der Waals surface area contributed by atoms with Gasteiger partial charge in [0.05, 0.1) is 3.57 Å². The van der Waals surface area contributed by atoms with Gasteiger partial charge in [0.1, 0.15) is 16.8 Å². The average molecular weight is 284 g/mol. The number of aromatic nitrogens is 2. The van der Waals surface area contributed by atoms with E-state index in [2.05, 4.69) is 37.9 Å². The van der Waals surface area contributed by atoms with Gasteiger partial charge in [0, 0.05) is 7.05 Å². The first-order valence-corrected chi connectivity index (χ1v) is 4.48. The molecule has 0 aromatic carbocycles. The lowest BCUT2D eigenvalue weighted by atomic mass is 10.5. The maximum atomic E-state index is 5.80. The monoisotopic (exact) mass is 283 g/mol. The Bertz CT molecular complexity index is 277. The highest BCUT2D eigenvalue weighted by Gasteiger charge is 2.05. The van der Waals surface area contributed by atoms with Crippen molar-refractivity contribution in [3.05, 3.63) is 14.5 Å². The van der Waals surface area contributed by atoms with Crippen LogP contribution in [0.15, 0.2) is 0 Å². The van der Waals surface area contributed by atoms with Crippen LogP contribution in [-0.4, -0.2) is 17.0 Å². The molecule has 0 bridgehead atoms. The fraction of sp³-hybridized carbons (Fsp3) is 0.333. The molecule has 0 radical (unpaired) electrons. The topological polar surface area (TPSA) is 37.8 Å². The molecule has 1 N–H and O–H groups in total. The quantitative estimate of drug-likeness (QED) is 0.633. The summed E-state index contributed by atoms with van der Waals surface area (Å²) in [4.78, 5) is 8.13. The number of hydrogen-bond acceptors (Lipinski definition) is 3. The molecule has 1 heterocycles. The number of nitrogens with one attached hydrogen (secondary N) is 1. The standard InChI is InChI=1S/C6H7ClIN3/c1-3-10-5(7)4(8)6(9-2)11-3/h1-2H3,(H,9,10,11). The Hall–Kier alpha value is -0.100. The van der Waals surface area contributed by atoms with Gasteiger partial charge in [-0.1, -0.05) is 11.6 Å². The molecule has 0 saturated carbocycles. The smallest absolute Gasteiger partial charge is 0.148 e. The Morgan fingerprint density at radius 1 is 1.45 bits per heavy atom. The molecule has 0 aliphatic rings. The summed E-state index contributed by atoms with van der Waals surface area (Å²) in [6.45, 7) is 1.81. The number of nitrogens with zero attached hydrogens (tertiary/aromatic N) is 2. The van der Waals surface area contributed by atoms with Crippen LogP contribution < -0.4 is 5.32 Å². The summed E-state index contributed by atoms with van der Waals surface area (Å²) in [5.41, 5.74) is 0. The van der Waals surface area contributed by atoms with Crippen molar-refractivity contribution in [3.63, 3.8) is 0 Å². The van der Waals surface area contributed by atoms with Gasteiger partial charge in [-0.05, 0) is 29.5 Å². The third kappa shape index (κ3) is 1.93. The van der Waals surface area contributed by atoms with Gasteiger partial charge in [-0.25, -0.2) is 9.97 Å². The van der Waals surface area contributed by atoms with Crippen molar-refractivity contribution in [2.24, 2.45) is 0 Å². The molecule has 0 atom stereocenters. The van der Waals surface area contributed by atoms with E-state index in [1.165, 1.54) is 0 Å². The van der Waals surface area contributed by atoms with E-state index < -0.39 is 0 Å². The third-order valence-electron chi connectivity index (χ3n) is 1.16. The lowest BCUT2D eigenvalue weighted by Gasteiger charge is -2.03. The zero-order chi connectivity index (χ0) is 8.43. The van der Waals surface area contributed by atoms with Crippen molar-refractivity contribution in [1.29, 1.82) is 0 Å². The van der Waals surface area contributed by atoms with Gasteiger partial charge in [0.2, 0.25) is 0 Å². The molecule has 0 spiro atoms. The minimum Gasteiger partial charge on any atom is -0.372 e. The molecule has 0 unspecified atom stereocenters. The summed E-state index contributed by atoms with van der Waals surface area (Å²) in [6.07, 6.45) is 0. The van der Waals surface area contributed by atoms with Gasteiger partial charge in [0.25, 0.3) is 0 Å². The van der Waals surface area contributed by atoms with Gasteiger partial charge in [-0.15, -0.1) is 0 Å². The van der Waals surface area contributed by atoms with Crippen LogP contribution in [0.3, 0.4) is 0 Å². The molecule has 5 heteroatoms. The van der Waals surface area contributed by atoms with Crippen molar-refractivity contribution in [2.75, 3.05) is 12.4 Å². The first-order valence-electron chi connectivity index (χ1n) is 3.02. The summed E-state index contributed by atoms with van der Waals surface area (Å²) in [6, 6.07) is 0. The van der Waals surface area contributed by atoms with Crippen LogP contribution in [0.2, 0.25) is 5.15 Å². The van der Waals surface area contributed by atoms with Gasteiger partial charge in [-0.3, -0.25) is 0 Å². The van der Waals surface area contributed by atoms with E-state index >= 15 is 0 Å². The first-order chi connectivity index (χ1) is 5.15. The molecule has 3 nitrogen and oxygen atoms in total. The number of rotatable bonds is 1. The molecule has 0 fully saturated rings. The summed E-state index contributed by atoms with van der Waals surface area (Å²) in [5, 5.41) is 3.44. The molecule has 0 aliphatic heterocycles. The zero-order valence-corrected chi connectivity index (χ0v) is 9.06. The Labute approximate surface area is 83.7 Å². The minimum absolute atomic E-state index is 0.502. The van der Waals surface area contributed by atoms with E-state index in [1.54, 1.807) is 7.05 Å². The Kier molecular flexibility index (Phi) is 2.89. The van der Waals surface area contributed by atoms with E-state index in [0.717, 1.165) is 9.39 Å². The number of hydrogen-bond donors (Lipinski definition) is 1. The van der Waals surface area contributed by atoms with E-state index in [1.807, 2.05) is 6.92 Å². The number of aryl methyl sites for hydroxylation is 1. The van der Waals surface area contributed by atoms with Gasteiger partial charge in [0.15, 0.2) is 0 Å². The fourth-order valence-electron chi connectivity index (χ4n) is 0.690. The van der Waals surface area contributed by atoms with Crippen LogP contribution in [0.4, 0.5) is 5.82 Å². The predicted molar refractivity (Wildman–Crippen MR) is 54.0 cm³/mol. The number of anilines is 1. The van der Waals surface area contributed by atoms with Gasteiger partial charge in [-0.2, -0.15) is 0 Å². The van der Waals surface area contributed by atoms with Crippen molar-refractivity contribution in [1.82, 2.24) is 9.97 Å². The van der Waals surface area contributed by atoms with Crippen LogP contribution in [0.25, 0.3) is 0 Å². The maximum Gasteiger partial charge on any atom is 0.148 e. The second kappa shape index (κ2) is 3.53. The number of halogens is 2. The molecule has 0 saturated heterocycles. The first kappa shape index (κ1) is 8.99. The minimum atomic E-state index is 0.502. The largest absolute Gasteiger partial charge is 0.372 e. The van der Waals surface area contributed by atoms with Crippen LogP contribution in [0, 0.1) is 10.5 Å². The Morgan fingerprint density at radius 2 is 2.09 bits per heavy atom. The summed E-state index contributed by atoms with van der Waals surface area (Å²) in [7, 11) is 1.81. The highest BCUT2D eigenvalue weighted by atomic mass is 127. The van der Waals surface area contributed by atoms with Gasteiger partial charge >= 0.3 is 0 Å². The second-order valence-electron chi connectivity index (χ2n) is 1.97. The lowest BCUT2D eigenvalue weighted by Crippen LogP contribution is -2.00. The third-order valence-corrected chi connectivity index (χ3v) is 2.77. The van der Waals surface area contributed by atoms with Crippen molar-refractivity contribution in [3.8, 4) is 0 Å². The molecule has 0 aliphatic carbocycles. The average Bonchev–Trinajstić information content (AvgIpc) is 1.96. The van der Waals surface area contributed by atoms with E-state index in [-0.39, 0.29) is 0 Å². The molecule has 1 rings (SSSR count). The predicted octanol–water partition coefficient (Wildman–Crippen LogP) is 2.08. The SMILES string of the molecule is CNc1nc(C)nc(Cl)c1I. The van der Waals surface area contributed by atoms with Gasteiger partial charge < -0.3 is 5.32 Å². The van der Waals surface area contributed by atoms with Crippen LogP contribution in [-0.2, 0) is 0 Å². The van der Waals surface area contributed by atoms with Crippen LogP contribution in [0.1, 0.15) is 5.82 Å². The van der Waals surface area contributed by atoms with Crippen LogP contribution >= 0.6 is 34.2 Å². The lowest BCUT2D eigenvalue weighted by molar-refractivity contribution is 1.04.